The summed E-state index contributed by atoms with van der Waals surface area (Å²) in [5.41, 5.74) is 2.53. The molecule has 7 rings (SSSR count). The molecule has 0 saturated carbocycles. The van der Waals surface area contributed by atoms with E-state index in [0.29, 0.717) is 36.2 Å². The number of hydrogen-bond acceptors (Lipinski definition) is 14. The fraction of sp³-hybridized carbons (Fsp3) is 0.594. The molecule has 6 heterocycles. The number of fused-ring (bicyclic) bond motifs is 6. The van der Waals surface area contributed by atoms with Gasteiger partial charge in [-0.1, -0.05) is 24.3 Å². The lowest BCUT2D eigenvalue weighted by atomic mass is 9.74. The quantitative estimate of drug-likeness (QED) is 0.138. The molecule has 3 fully saturated rings. The molecule has 16 heteroatoms. The van der Waals surface area contributed by atoms with Crippen molar-refractivity contribution in [3.8, 4) is 0 Å². The lowest BCUT2D eigenvalue weighted by molar-refractivity contribution is -0.339. The van der Waals surface area contributed by atoms with E-state index in [9.17, 15) is 45.6 Å². The van der Waals surface area contributed by atoms with Gasteiger partial charge in [0.05, 0.1) is 42.3 Å². The maximum absolute atomic E-state index is 14.1. The summed E-state index contributed by atoms with van der Waals surface area (Å²) < 4.78 is 24.5. The highest BCUT2D eigenvalue weighted by Crippen LogP contribution is 2.49. The van der Waals surface area contributed by atoms with E-state index in [2.05, 4.69) is 6.58 Å². The average molecular weight is 677 g/mol. The summed E-state index contributed by atoms with van der Waals surface area (Å²) in [7, 11) is 0. The van der Waals surface area contributed by atoms with Gasteiger partial charge in [0.2, 0.25) is 6.29 Å². The smallest absolute Gasteiger partial charge is 0.254 e. The largest absolute Gasteiger partial charge is 0.471 e. The molecule has 0 radical (unpaired) electrons. The number of aliphatic hydroxyl groups excluding tert-OH is 8. The van der Waals surface area contributed by atoms with Gasteiger partial charge in [-0.05, 0) is 24.5 Å². The molecule has 8 N–H and O–H groups in total. The summed E-state index contributed by atoms with van der Waals surface area (Å²) >= 11 is 0. The van der Waals surface area contributed by atoms with Crippen molar-refractivity contribution in [3.63, 3.8) is 0 Å². The third kappa shape index (κ3) is 5.23. The molecule has 0 bridgehead atoms. The molecule has 262 valence electrons. The number of aliphatic hydroxyl groups is 8. The first-order valence-electron chi connectivity index (χ1n) is 15.9. The van der Waals surface area contributed by atoms with Crippen LogP contribution in [0.5, 0.6) is 0 Å². The van der Waals surface area contributed by atoms with E-state index in [1.54, 1.807) is 17.0 Å². The molecule has 1 amide bonds. The Kier molecular flexibility index (Phi) is 9.01. The molecule has 5 aliphatic rings. The van der Waals surface area contributed by atoms with Crippen LogP contribution in [0, 0.1) is 11.8 Å². The fourth-order valence-corrected chi connectivity index (χ4v) is 7.61. The first kappa shape index (κ1) is 33.4. The second-order valence-electron chi connectivity index (χ2n) is 12.8. The lowest BCUT2D eigenvalue weighted by Crippen LogP contribution is -2.61. The van der Waals surface area contributed by atoms with Crippen LogP contribution in [0.1, 0.15) is 23.7 Å². The second kappa shape index (κ2) is 13.0. The van der Waals surface area contributed by atoms with Crippen LogP contribution in [0.15, 0.2) is 48.8 Å². The molecule has 14 atom stereocenters. The van der Waals surface area contributed by atoms with E-state index < -0.39 is 98.8 Å². The Hall–Kier alpha value is -3.13. The highest BCUT2D eigenvalue weighted by atomic mass is 16.8. The normalized spacial score (nSPS) is 41.1. The maximum Gasteiger partial charge on any atom is 0.254 e. The van der Waals surface area contributed by atoms with Gasteiger partial charge in [-0.2, -0.15) is 4.73 Å². The Labute approximate surface area is 274 Å². The van der Waals surface area contributed by atoms with Crippen molar-refractivity contribution in [2.75, 3.05) is 19.8 Å². The third-order valence-corrected chi connectivity index (χ3v) is 10.2. The van der Waals surface area contributed by atoms with Crippen LogP contribution >= 0.6 is 0 Å². The Morgan fingerprint density at radius 3 is 2.19 bits per heavy atom. The van der Waals surface area contributed by atoms with E-state index in [4.69, 9.17) is 23.8 Å². The van der Waals surface area contributed by atoms with Crippen LogP contribution in [0.4, 0.5) is 0 Å². The maximum atomic E-state index is 14.1. The summed E-state index contributed by atoms with van der Waals surface area (Å²) in [5.74, 6) is -1.45. The Morgan fingerprint density at radius 1 is 0.875 bits per heavy atom. The topological polar surface area (TPSA) is 233 Å². The number of carbonyl (C=O) groups is 1. The number of carbonyl (C=O) groups excluding carboxylic acids is 1. The van der Waals surface area contributed by atoms with Crippen molar-refractivity contribution in [1.29, 1.82) is 0 Å². The summed E-state index contributed by atoms with van der Waals surface area (Å²) in [4.78, 5) is 22.0. The molecule has 3 saturated heterocycles. The fourth-order valence-electron chi connectivity index (χ4n) is 7.61. The van der Waals surface area contributed by atoms with E-state index in [-0.39, 0.29) is 5.91 Å². The number of rotatable bonds is 7. The van der Waals surface area contributed by atoms with Gasteiger partial charge >= 0.3 is 0 Å². The number of para-hydroxylation sites is 1. The minimum absolute atomic E-state index is 0.287. The molecular weight excluding hydrogens is 636 g/mol. The van der Waals surface area contributed by atoms with E-state index >= 15 is 0 Å². The zero-order valence-corrected chi connectivity index (χ0v) is 25.7. The van der Waals surface area contributed by atoms with Gasteiger partial charge < -0.3 is 69.5 Å². The number of aromatic nitrogens is 1. The van der Waals surface area contributed by atoms with Crippen molar-refractivity contribution in [2.45, 2.75) is 86.6 Å². The Morgan fingerprint density at radius 2 is 1.52 bits per heavy atom. The molecule has 5 aliphatic heterocycles. The molecule has 16 nitrogen and oxygen atoms in total. The van der Waals surface area contributed by atoms with E-state index in [0.717, 1.165) is 10.9 Å². The Balaban J connectivity index is 1.22. The van der Waals surface area contributed by atoms with Crippen LogP contribution in [-0.2, 0) is 30.2 Å². The van der Waals surface area contributed by atoms with Crippen molar-refractivity contribution in [1.82, 2.24) is 9.63 Å². The van der Waals surface area contributed by atoms with E-state index in [1.807, 2.05) is 18.2 Å². The standard InChI is InChI=1S/C32H40N2O14/c1-2-13-16-9-19-22-15(14-5-3-4-6-18(14)34(22)48-32-28(42)26(40)24(38)21(11-36)46-32)7-8-33(19)29(43)17(16)12-44-30(13)47-31-27(41)25(39)23(37)20(10-35)45-31/h2-6,12-13,16,19-21,23-28,30-32,35-42H,1,7-11H2. The van der Waals surface area contributed by atoms with Crippen molar-refractivity contribution in [3.05, 3.63) is 60.0 Å². The first-order valence-corrected chi connectivity index (χ1v) is 15.9. The molecule has 2 aromatic rings. The van der Waals surface area contributed by atoms with Gasteiger partial charge in [0.25, 0.3) is 12.2 Å². The number of piperidine rings is 1. The summed E-state index contributed by atoms with van der Waals surface area (Å²) in [5, 5.41) is 82.7. The van der Waals surface area contributed by atoms with Crippen molar-refractivity contribution >= 4 is 16.8 Å². The van der Waals surface area contributed by atoms with Crippen LogP contribution in [-0.4, -0.2) is 144 Å². The molecule has 14 unspecified atom stereocenters. The number of nitrogens with zero attached hydrogens (tertiary/aromatic N) is 2. The van der Waals surface area contributed by atoms with Crippen LogP contribution in [0.25, 0.3) is 10.9 Å². The summed E-state index contributed by atoms with van der Waals surface area (Å²) in [6.07, 6.45) is -12.6. The van der Waals surface area contributed by atoms with Crippen LogP contribution in [0.2, 0.25) is 0 Å². The molecule has 1 aromatic carbocycles. The van der Waals surface area contributed by atoms with Crippen LogP contribution < -0.4 is 4.84 Å². The molecular formula is C32H40N2O14. The summed E-state index contributed by atoms with van der Waals surface area (Å²) in [6.45, 7) is 3.07. The van der Waals surface area contributed by atoms with Gasteiger partial charge in [0.1, 0.15) is 48.8 Å². The predicted molar refractivity (Wildman–Crippen MR) is 160 cm³/mol. The van der Waals surface area contributed by atoms with Gasteiger partial charge in [-0.25, -0.2) is 0 Å². The second-order valence-corrected chi connectivity index (χ2v) is 12.8. The van der Waals surface area contributed by atoms with Gasteiger partial charge in [0, 0.05) is 23.8 Å². The van der Waals surface area contributed by atoms with Gasteiger partial charge in [0.15, 0.2) is 6.29 Å². The van der Waals surface area contributed by atoms with Crippen LogP contribution in [0.3, 0.4) is 0 Å². The monoisotopic (exact) mass is 676 g/mol. The number of hydrogen-bond donors (Lipinski definition) is 8. The van der Waals surface area contributed by atoms with Gasteiger partial charge in [-0.15, -0.1) is 6.58 Å². The molecule has 1 aromatic heterocycles. The zero-order valence-electron chi connectivity index (χ0n) is 25.7. The highest BCUT2D eigenvalue weighted by molar-refractivity contribution is 5.96. The average Bonchev–Trinajstić information content (AvgIpc) is 3.42. The predicted octanol–water partition coefficient (Wildman–Crippen LogP) is -2.83. The molecule has 48 heavy (non-hydrogen) atoms. The zero-order chi connectivity index (χ0) is 34.0. The van der Waals surface area contributed by atoms with E-state index in [1.165, 1.54) is 11.0 Å². The number of amides is 1. The molecule has 0 spiro atoms. The number of ether oxygens (including phenoxy) is 4. The van der Waals surface area contributed by atoms with Crippen molar-refractivity contribution in [2.24, 2.45) is 11.8 Å². The lowest BCUT2D eigenvalue weighted by Gasteiger charge is -2.48. The number of benzene rings is 1. The van der Waals surface area contributed by atoms with Crippen molar-refractivity contribution < 1.29 is 69.4 Å². The highest BCUT2D eigenvalue weighted by Gasteiger charge is 2.52. The minimum atomic E-state index is -1.66. The molecule has 0 aliphatic carbocycles. The Bertz CT molecular complexity index is 1560. The SMILES string of the molecule is C=CC1C(OC2OC(CO)C(O)C(O)C2O)OC=C2C(=O)N3CCc4c(n(OC5OC(CO)C(O)C(O)C5O)c5ccccc45)C3CC21. The minimum Gasteiger partial charge on any atom is -0.471 e. The first-order chi connectivity index (χ1) is 23.1. The third-order valence-electron chi connectivity index (χ3n) is 10.2. The summed E-state index contributed by atoms with van der Waals surface area (Å²) in [6, 6.07) is 6.84. The van der Waals surface area contributed by atoms with Gasteiger partial charge in [-0.3, -0.25) is 4.79 Å².